The van der Waals surface area contributed by atoms with Crippen molar-refractivity contribution in [2.75, 3.05) is 13.1 Å². The van der Waals surface area contributed by atoms with E-state index < -0.39 is 12.1 Å². The molecule has 92 valence electrons. The van der Waals surface area contributed by atoms with Crippen LogP contribution in [0.3, 0.4) is 0 Å². The predicted molar refractivity (Wildman–Crippen MR) is 63.0 cm³/mol. The van der Waals surface area contributed by atoms with Crippen molar-refractivity contribution in [3.63, 3.8) is 0 Å². The van der Waals surface area contributed by atoms with E-state index in [1.165, 1.54) is 12.5 Å². The fraction of sp³-hybridized carbons (Fsp3) is 0.583. The Hall–Kier alpha value is -1.49. The molecule has 2 rings (SSSR count). The van der Waals surface area contributed by atoms with Crippen LogP contribution in [-0.4, -0.2) is 46.7 Å². The maximum Gasteiger partial charge on any atom is 0.337 e. The predicted octanol–water partition coefficient (Wildman–Crippen LogP) is 0.853. The molecule has 1 saturated heterocycles. The van der Waals surface area contributed by atoms with Crippen LogP contribution in [0.5, 0.6) is 0 Å². The molecule has 1 fully saturated rings. The molecule has 1 unspecified atom stereocenters. The number of carbonyl (C=O) groups excluding carboxylic acids is 1. The van der Waals surface area contributed by atoms with Crippen molar-refractivity contribution in [2.45, 2.75) is 32.4 Å². The van der Waals surface area contributed by atoms with Crippen LogP contribution in [0, 0.1) is 0 Å². The van der Waals surface area contributed by atoms with Gasteiger partial charge in [-0.3, -0.25) is 14.7 Å². The minimum absolute atomic E-state index is 0.0169. The maximum absolute atomic E-state index is 11.9. The van der Waals surface area contributed by atoms with E-state index in [1.54, 1.807) is 6.92 Å². The molecule has 0 bridgehead atoms. The molecular weight excluding hydrogens is 220 g/mol. The Morgan fingerprint density at radius 1 is 1.41 bits per heavy atom. The van der Waals surface area contributed by atoms with E-state index in [4.69, 9.17) is 5.11 Å². The van der Waals surface area contributed by atoms with E-state index in [2.05, 4.69) is 4.99 Å². The molecule has 0 aromatic heterocycles. The Morgan fingerprint density at radius 3 is 2.65 bits per heavy atom. The molecule has 0 spiro atoms. The van der Waals surface area contributed by atoms with Gasteiger partial charge in [-0.15, -0.1) is 0 Å². The van der Waals surface area contributed by atoms with Gasteiger partial charge in [-0.05, 0) is 19.8 Å². The van der Waals surface area contributed by atoms with Gasteiger partial charge in [0.1, 0.15) is 0 Å². The number of likely N-dealkylation sites (tertiary alicyclic amines) is 1. The fourth-order valence-corrected chi connectivity index (χ4v) is 2.28. The third-order valence-corrected chi connectivity index (χ3v) is 3.21. The Bertz CT molecular complexity index is 406. The van der Waals surface area contributed by atoms with Crippen molar-refractivity contribution in [1.82, 2.24) is 4.90 Å². The summed E-state index contributed by atoms with van der Waals surface area (Å²) in [6, 6.07) is 0. The van der Waals surface area contributed by atoms with Crippen LogP contribution in [-0.2, 0) is 9.59 Å². The second kappa shape index (κ2) is 4.79. The summed E-state index contributed by atoms with van der Waals surface area (Å²) in [6.45, 7) is 3.37. The molecule has 0 saturated carbocycles. The number of ketones is 1. The number of dihydropyridines is 1. The van der Waals surface area contributed by atoms with Crippen molar-refractivity contribution >= 4 is 17.5 Å². The Morgan fingerprint density at radius 2 is 2.06 bits per heavy atom. The molecular formula is C12H16N2O3. The largest absolute Gasteiger partial charge is 0.478 e. The topological polar surface area (TPSA) is 70.0 Å². The van der Waals surface area contributed by atoms with E-state index in [0.717, 1.165) is 25.9 Å². The lowest BCUT2D eigenvalue weighted by atomic mass is 10.0. The van der Waals surface area contributed by atoms with Gasteiger partial charge in [-0.2, -0.15) is 0 Å². The Balaban J connectivity index is 2.17. The normalized spacial score (nSPS) is 26.4. The van der Waals surface area contributed by atoms with E-state index in [0.29, 0.717) is 5.71 Å². The number of carboxylic acids is 1. The molecule has 0 radical (unpaired) electrons. The number of aliphatic carboxylic acids is 1. The third kappa shape index (κ3) is 2.44. The quantitative estimate of drug-likeness (QED) is 0.771. The zero-order valence-corrected chi connectivity index (χ0v) is 9.85. The highest BCUT2D eigenvalue weighted by atomic mass is 16.4. The molecule has 2 heterocycles. The number of piperidine rings is 1. The molecule has 0 aromatic rings. The van der Waals surface area contributed by atoms with Gasteiger partial charge in [-0.25, -0.2) is 4.79 Å². The fourth-order valence-electron chi connectivity index (χ4n) is 2.28. The zero-order chi connectivity index (χ0) is 12.4. The van der Waals surface area contributed by atoms with Crippen molar-refractivity contribution < 1.29 is 14.7 Å². The van der Waals surface area contributed by atoms with Crippen LogP contribution < -0.4 is 0 Å². The van der Waals surface area contributed by atoms with Gasteiger partial charge in [0.05, 0.1) is 5.57 Å². The summed E-state index contributed by atoms with van der Waals surface area (Å²) in [5.41, 5.74) is 0.455. The number of hydrogen-bond acceptors (Lipinski definition) is 4. The van der Waals surface area contributed by atoms with Crippen LogP contribution in [0.2, 0.25) is 0 Å². The Labute approximate surface area is 99.8 Å². The lowest BCUT2D eigenvalue weighted by Crippen LogP contribution is -2.44. The molecule has 17 heavy (non-hydrogen) atoms. The minimum atomic E-state index is -1.09. The first kappa shape index (κ1) is 12.0. The average Bonchev–Trinajstić information content (AvgIpc) is 2.32. The highest BCUT2D eigenvalue weighted by Gasteiger charge is 2.30. The smallest absolute Gasteiger partial charge is 0.337 e. The van der Waals surface area contributed by atoms with Gasteiger partial charge in [0.2, 0.25) is 0 Å². The Kier molecular flexibility index (Phi) is 3.38. The van der Waals surface area contributed by atoms with Gasteiger partial charge in [0.15, 0.2) is 11.9 Å². The minimum Gasteiger partial charge on any atom is -0.478 e. The SMILES string of the molecule is CC1=NC(N2CCCCC2)C(=O)C=C1C(=O)O. The number of hydrogen-bond donors (Lipinski definition) is 1. The summed E-state index contributed by atoms with van der Waals surface area (Å²) in [5, 5.41) is 8.91. The van der Waals surface area contributed by atoms with Crippen LogP contribution in [0.1, 0.15) is 26.2 Å². The van der Waals surface area contributed by atoms with Gasteiger partial charge < -0.3 is 5.11 Å². The molecule has 5 heteroatoms. The van der Waals surface area contributed by atoms with Crippen LogP contribution in [0.4, 0.5) is 0 Å². The summed E-state index contributed by atoms with van der Waals surface area (Å²) in [6.07, 6.45) is 4.06. The first-order chi connectivity index (χ1) is 8.09. The lowest BCUT2D eigenvalue weighted by Gasteiger charge is -2.32. The van der Waals surface area contributed by atoms with Crippen molar-refractivity contribution in [1.29, 1.82) is 0 Å². The van der Waals surface area contributed by atoms with Gasteiger partial charge in [0.25, 0.3) is 0 Å². The first-order valence-electron chi connectivity index (χ1n) is 5.87. The number of rotatable bonds is 2. The van der Waals surface area contributed by atoms with Crippen molar-refractivity contribution in [2.24, 2.45) is 4.99 Å². The second-order valence-electron chi connectivity index (χ2n) is 4.45. The van der Waals surface area contributed by atoms with E-state index in [-0.39, 0.29) is 11.4 Å². The number of carboxylic acid groups (broad SMARTS) is 1. The van der Waals surface area contributed by atoms with E-state index in [9.17, 15) is 9.59 Å². The highest BCUT2D eigenvalue weighted by Crippen LogP contribution is 2.18. The summed E-state index contributed by atoms with van der Waals surface area (Å²) in [5.74, 6) is -1.30. The molecule has 2 aliphatic heterocycles. The maximum atomic E-state index is 11.9. The second-order valence-corrected chi connectivity index (χ2v) is 4.45. The average molecular weight is 236 g/mol. The zero-order valence-electron chi connectivity index (χ0n) is 9.85. The van der Waals surface area contributed by atoms with E-state index in [1.807, 2.05) is 4.90 Å². The molecule has 5 nitrogen and oxygen atoms in total. The van der Waals surface area contributed by atoms with Crippen molar-refractivity contribution in [3.8, 4) is 0 Å². The number of aliphatic imine (C=N–C) groups is 1. The van der Waals surface area contributed by atoms with E-state index >= 15 is 0 Å². The molecule has 0 amide bonds. The number of nitrogens with zero attached hydrogens (tertiary/aromatic N) is 2. The number of carbonyl (C=O) groups is 2. The molecule has 0 aromatic carbocycles. The summed E-state index contributed by atoms with van der Waals surface area (Å²) in [7, 11) is 0. The summed E-state index contributed by atoms with van der Waals surface area (Å²) < 4.78 is 0. The van der Waals surface area contributed by atoms with Crippen LogP contribution in [0.15, 0.2) is 16.6 Å². The molecule has 1 N–H and O–H groups in total. The molecule has 1 atom stereocenters. The standard InChI is InChI=1S/C12H16N2O3/c1-8-9(12(16)17)7-10(15)11(13-8)14-5-3-2-4-6-14/h7,11H,2-6H2,1H3,(H,16,17). The van der Waals surface area contributed by atoms with Gasteiger partial charge in [-0.1, -0.05) is 6.42 Å². The van der Waals surface area contributed by atoms with Gasteiger partial charge in [0, 0.05) is 24.9 Å². The molecule has 0 aliphatic carbocycles. The van der Waals surface area contributed by atoms with Crippen molar-refractivity contribution in [3.05, 3.63) is 11.6 Å². The van der Waals surface area contributed by atoms with Gasteiger partial charge >= 0.3 is 5.97 Å². The molecule has 2 aliphatic rings. The summed E-state index contributed by atoms with van der Waals surface area (Å²) >= 11 is 0. The lowest BCUT2D eigenvalue weighted by molar-refractivity contribution is -0.132. The third-order valence-electron chi connectivity index (χ3n) is 3.21. The summed E-state index contributed by atoms with van der Waals surface area (Å²) in [4.78, 5) is 29.0. The van der Waals surface area contributed by atoms with Crippen LogP contribution >= 0.6 is 0 Å². The monoisotopic (exact) mass is 236 g/mol. The van der Waals surface area contributed by atoms with Crippen LogP contribution in [0.25, 0.3) is 0 Å². The highest BCUT2D eigenvalue weighted by molar-refractivity contribution is 6.24. The first-order valence-corrected chi connectivity index (χ1v) is 5.87.